The van der Waals surface area contributed by atoms with E-state index in [0.717, 1.165) is 17.0 Å². The molecule has 7 nitrogen and oxygen atoms in total. The number of aryl methyl sites for hydroxylation is 2. The molecular formula is C17H32IN5O2. The predicted octanol–water partition coefficient (Wildman–Crippen LogP) is 2.43. The van der Waals surface area contributed by atoms with Gasteiger partial charge in [0, 0.05) is 37.7 Å². The van der Waals surface area contributed by atoms with Gasteiger partial charge in [-0.05, 0) is 34.6 Å². The van der Waals surface area contributed by atoms with E-state index >= 15 is 0 Å². The largest absolute Gasteiger partial charge is 0.361 e. The molecule has 0 fully saturated rings. The van der Waals surface area contributed by atoms with Gasteiger partial charge in [-0.1, -0.05) is 12.1 Å². The fourth-order valence-corrected chi connectivity index (χ4v) is 2.67. The van der Waals surface area contributed by atoms with Gasteiger partial charge in [0.25, 0.3) is 0 Å². The smallest absolute Gasteiger partial charge is 0.240 e. The number of hydrogen-bond donors (Lipinski definition) is 2. The highest BCUT2D eigenvalue weighted by Crippen LogP contribution is 2.22. The van der Waals surface area contributed by atoms with Gasteiger partial charge in [-0.25, -0.2) is 0 Å². The summed E-state index contributed by atoms with van der Waals surface area (Å²) >= 11 is 0. The van der Waals surface area contributed by atoms with Crippen LogP contribution in [0.2, 0.25) is 0 Å². The van der Waals surface area contributed by atoms with Crippen molar-refractivity contribution in [3.8, 4) is 0 Å². The monoisotopic (exact) mass is 465 g/mol. The summed E-state index contributed by atoms with van der Waals surface area (Å²) in [4.78, 5) is 18.1. The number of rotatable bonds is 5. The van der Waals surface area contributed by atoms with Gasteiger partial charge in [0.1, 0.15) is 5.76 Å². The molecule has 0 aliphatic carbocycles. The molecular weight excluding hydrogens is 433 g/mol. The number of aromatic nitrogens is 1. The van der Waals surface area contributed by atoms with Crippen LogP contribution in [0.25, 0.3) is 0 Å². The van der Waals surface area contributed by atoms with E-state index in [1.807, 2.05) is 41.7 Å². The fraction of sp³-hybridized carbons (Fsp3) is 0.706. The number of nitrogens with zero attached hydrogens (tertiary/aromatic N) is 3. The van der Waals surface area contributed by atoms with E-state index in [4.69, 9.17) is 4.52 Å². The van der Waals surface area contributed by atoms with E-state index in [0.29, 0.717) is 12.5 Å². The topological polar surface area (TPSA) is 82.8 Å². The van der Waals surface area contributed by atoms with Crippen LogP contribution in [-0.2, 0) is 4.79 Å². The number of halogens is 1. The summed E-state index contributed by atoms with van der Waals surface area (Å²) in [6.45, 7) is 12.8. The Morgan fingerprint density at radius 3 is 2.40 bits per heavy atom. The molecule has 1 heterocycles. The molecule has 1 atom stereocenters. The number of carbonyl (C=O) groups is 1. The van der Waals surface area contributed by atoms with Gasteiger partial charge in [-0.2, -0.15) is 0 Å². The van der Waals surface area contributed by atoms with Gasteiger partial charge in [-0.3, -0.25) is 9.79 Å². The lowest BCUT2D eigenvalue weighted by Crippen LogP contribution is -2.49. The van der Waals surface area contributed by atoms with Crippen LogP contribution in [0.3, 0.4) is 0 Å². The van der Waals surface area contributed by atoms with Crippen molar-refractivity contribution < 1.29 is 9.32 Å². The van der Waals surface area contributed by atoms with Crippen molar-refractivity contribution in [2.75, 3.05) is 27.2 Å². The van der Waals surface area contributed by atoms with Crippen LogP contribution in [0, 0.1) is 13.8 Å². The van der Waals surface area contributed by atoms with Gasteiger partial charge in [-0.15, -0.1) is 24.0 Å². The zero-order chi connectivity index (χ0) is 18.5. The lowest BCUT2D eigenvalue weighted by atomic mass is 10.00. The van der Waals surface area contributed by atoms with E-state index in [9.17, 15) is 4.79 Å². The van der Waals surface area contributed by atoms with Crippen LogP contribution in [0.1, 0.15) is 50.6 Å². The van der Waals surface area contributed by atoms with Crippen molar-refractivity contribution in [2.24, 2.45) is 4.99 Å². The van der Waals surface area contributed by atoms with Crippen LogP contribution in [0.5, 0.6) is 0 Å². The SMILES string of the molecule is CN=C(NCC(C)c1c(C)noc1C)N(C)CC(=O)NC(C)(C)C.I. The predicted molar refractivity (Wildman–Crippen MR) is 112 cm³/mol. The van der Waals surface area contributed by atoms with Crippen molar-refractivity contribution >= 4 is 35.8 Å². The van der Waals surface area contributed by atoms with E-state index in [-0.39, 0.29) is 47.9 Å². The summed E-state index contributed by atoms with van der Waals surface area (Å²) in [6.07, 6.45) is 0. The third-order valence-electron chi connectivity index (χ3n) is 3.62. The minimum absolute atomic E-state index is 0. The van der Waals surface area contributed by atoms with Crippen molar-refractivity contribution in [3.63, 3.8) is 0 Å². The second kappa shape index (κ2) is 9.98. The van der Waals surface area contributed by atoms with Crippen LogP contribution < -0.4 is 10.6 Å². The molecule has 1 unspecified atom stereocenters. The molecule has 8 heteroatoms. The Hall–Kier alpha value is -1.32. The number of likely N-dealkylation sites (N-methyl/N-ethyl adjacent to an activating group) is 1. The molecule has 1 aromatic heterocycles. The first kappa shape index (κ1) is 23.7. The average Bonchev–Trinajstić information content (AvgIpc) is 2.76. The lowest BCUT2D eigenvalue weighted by molar-refractivity contribution is -0.122. The first-order chi connectivity index (χ1) is 11.0. The molecule has 0 radical (unpaired) electrons. The third kappa shape index (κ3) is 7.62. The molecule has 0 spiro atoms. The lowest BCUT2D eigenvalue weighted by Gasteiger charge is -2.26. The zero-order valence-electron chi connectivity index (χ0n) is 16.6. The van der Waals surface area contributed by atoms with Crippen LogP contribution >= 0.6 is 24.0 Å². The maximum absolute atomic E-state index is 12.0. The highest BCUT2D eigenvalue weighted by atomic mass is 127. The highest BCUT2D eigenvalue weighted by Gasteiger charge is 2.19. The number of aliphatic imine (C=N–C) groups is 1. The first-order valence-electron chi connectivity index (χ1n) is 8.20. The number of carbonyl (C=O) groups excluding carboxylic acids is 1. The molecule has 0 saturated heterocycles. The summed E-state index contributed by atoms with van der Waals surface area (Å²) in [6, 6.07) is 0. The molecule has 2 N–H and O–H groups in total. The number of nitrogens with one attached hydrogen (secondary N) is 2. The van der Waals surface area contributed by atoms with Gasteiger partial charge < -0.3 is 20.1 Å². The second-order valence-electron chi connectivity index (χ2n) is 7.22. The van der Waals surface area contributed by atoms with Gasteiger partial charge >= 0.3 is 0 Å². The molecule has 0 aromatic carbocycles. The standard InChI is InChI=1S/C17H31N5O2.HI/c1-11(15-12(2)21-24-13(15)3)9-19-16(18-7)22(8)10-14(23)20-17(4,5)6;/h11H,9-10H2,1-8H3,(H,18,19)(H,20,23);1H. The zero-order valence-corrected chi connectivity index (χ0v) is 18.9. The highest BCUT2D eigenvalue weighted by molar-refractivity contribution is 14.0. The Morgan fingerprint density at radius 2 is 1.96 bits per heavy atom. The Kier molecular flexibility index (Phi) is 9.45. The van der Waals surface area contributed by atoms with E-state index < -0.39 is 0 Å². The summed E-state index contributed by atoms with van der Waals surface area (Å²) in [5.41, 5.74) is 1.79. The van der Waals surface area contributed by atoms with Gasteiger partial charge in [0.15, 0.2) is 5.96 Å². The quantitative estimate of drug-likeness (QED) is 0.397. The Bertz CT molecular complexity index is 573. The van der Waals surface area contributed by atoms with Gasteiger partial charge in [0.2, 0.25) is 5.91 Å². The summed E-state index contributed by atoms with van der Waals surface area (Å²) in [7, 11) is 3.55. The molecule has 1 aromatic rings. The van der Waals surface area contributed by atoms with Crippen molar-refractivity contribution in [3.05, 3.63) is 17.0 Å². The fourth-order valence-electron chi connectivity index (χ4n) is 2.67. The minimum atomic E-state index is -0.243. The number of amides is 1. The molecule has 1 rings (SSSR count). The Balaban J connectivity index is 0.00000576. The molecule has 0 saturated carbocycles. The number of hydrogen-bond acceptors (Lipinski definition) is 4. The van der Waals surface area contributed by atoms with Crippen molar-refractivity contribution in [2.45, 2.75) is 53.0 Å². The third-order valence-corrected chi connectivity index (χ3v) is 3.62. The number of guanidine groups is 1. The first-order valence-corrected chi connectivity index (χ1v) is 8.20. The normalized spacial score (nSPS) is 13.0. The molecule has 1 amide bonds. The van der Waals surface area contributed by atoms with Gasteiger partial charge in [0.05, 0.1) is 12.2 Å². The average molecular weight is 465 g/mol. The van der Waals surface area contributed by atoms with Crippen molar-refractivity contribution in [1.29, 1.82) is 0 Å². The summed E-state index contributed by atoms with van der Waals surface area (Å²) in [5.74, 6) is 1.71. The second-order valence-corrected chi connectivity index (χ2v) is 7.22. The molecule has 0 bridgehead atoms. The maximum Gasteiger partial charge on any atom is 0.240 e. The van der Waals surface area contributed by atoms with E-state index in [2.05, 4.69) is 27.7 Å². The molecule has 25 heavy (non-hydrogen) atoms. The molecule has 0 aliphatic rings. The minimum Gasteiger partial charge on any atom is -0.361 e. The van der Waals surface area contributed by atoms with Crippen LogP contribution in [0.4, 0.5) is 0 Å². The summed E-state index contributed by atoms with van der Waals surface area (Å²) in [5, 5.41) is 10.3. The Labute approximate surface area is 168 Å². The van der Waals surface area contributed by atoms with Crippen molar-refractivity contribution in [1.82, 2.24) is 20.7 Å². The molecule has 144 valence electrons. The van der Waals surface area contributed by atoms with E-state index in [1.165, 1.54) is 0 Å². The van der Waals surface area contributed by atoms with Crippen LogP contribution in [-0.4, -0.2) is 54.6 Å². The van der Waals surface area contributed by atoms with E-state index in [1.54, 1.807) is 11.9 Å². The van der Waals surface area contributed by atoms with Crippen LogP contribution in [0.15, 0.2) is 9.52 Å². The summed E-state index contributed by atoms with van der Waals surface area (Å²) < 4.78 is 5.22. The maximum atomic E-state index is 12.0. The Morgan fingerprint density at radius 1 is 1.36 bits per heavy atom. The molecule has 0 aliphatic heterocycles.